The Hall–Kier alpha value is -2.80. The molecule has 0 aromatic heterocycles. The third-order valence-corrected chi connectivity index (χ3v) is 5.87. The Morgan fingerprint density at radius 2 is 1.73 bits per heavy atom. The lowest BCUT2D eigenvalue weighted by Crippen LogP contribution is -2.37. The topological polar surface area (TPSA) is 78.5 Å². The van der Waals surface area contributed by atoms with Gasteiger partial charge >= 0.3 is 0 Å². The summed E-state index contributed by atoms with van der Waals surface area (Å²) in [5, 5.41) is 5.63. The average Bonchev–Trinajstić information content (AvgIpc) is 2.76. The zero-order valence-electron chi connectivity index (χ0n) is 17.1. The third-order valence-electron chi connectivity index (χ3n) is 4.93. The van der Waals surface area contributed by atoms with Crippen LogP contribution >= 0.6 is 11.8 Å². The highest BCUT2D eigenvalue weighted by atomic mass is 32.2. The second-order valence-electron chi connectivity index (χ2n) is 7.24. The molecule has 1 aliphatic heterocycles. The first kappa shape index (κ1) is 21.9. The van der Waals surface area contributed by atoms with E-state index in [1.54, 1.807) is 12.1 Å². The van der Waals surface area contributed by atoms with Crippen LogP contribution in [-0.4, -0.2) is 53.8 Å². The monoisotopic (exact) mass is 425 g/mol. The fourth-order valence-electron chi connectivity index (χ4n) is 3.26. The molecular weight excluding hydrogens is 398 g/mol. The molecule has 2 aromatic rings. The summed E-state index contributed by atoms with van der Waals surface area (Å²) in [6.45, 7) is 3.70. The van der Waals surface area contributed by atoms with E-state index < -0.39 is 0 Å². The van der Waals surface area contributed by atoms with Crippen LogP contribution in [0.1, 0.15) is 27.9 Å². The highest BCUT2D eigenvalue weighted by molar-refractivity contribution is 7.99. The predicted octanol–water partition coefficient (Wildman–Crippen LogP) is 2.87. The van der Waals surface area contributed by atoms with Crippen molar-refractivity contribution in [3.05, 3.63) is 65.2 Å². The van der Waals surface area contributed by atoms with Gasteiger partial charge in [0.1, 0.15) is 0 Å². The summed E-state index contributed by atoms with van der Waals surface area (Å²) in [7, 11) is 0. The van der Waals surface area contributed by atoms with E-state index in [0.717, 1.165) is 35.7 Å². The van der Waals surface area contributed by atoms with Crippen LogP contribution in [0.25, 0.3) is 0 Å². The number of carbonyl (C=O) groups excluding carboxylic acids is 3. The number of hydrogen-bond acceptors (Lipinski definition) is 4. The van der Waals surface area contributed by atoms with Crippen molar-refractivity contribution < 1.29 is 14.4 Å². The molecule has 158 valence electrons. The van der Waals surface area contributed by atoms with Gasteiger partial charge in [-0.3, -0.25) is 14.4 Å². The van der Waals surface area contributed by atoms with Crippen molar-refractivity contribution in [1.29, 1.82) is 0 Å². The molecule has 30 heavy (non-hydrogen) atoms. The molecule has 0 saturated carbocycles. The number of amides is 3. The number of nitrogens with zero attached hydrogens (tertiary/aromatic N) is 1. The molecule has 1 fully saturated rings. The fraction of sp³-hybridized carbons (Fsp3) is 0.348. The molecule has 1 saturated heterocycles. The Kier molecular flexibility index (Phi) is 7.90. The van der Waals surface area contributed by atoms with Crippen LogP contribution in [0.4, 0.5) is 5.69 Å². The minimum absolute atomic E-state index is 0.0393. The second kappa shape index (κ2) is 10.8. The molecule has 6 nitrogen and oxygen atoms in total. The molecule has 2 aromatic carbocycles. The summed E-state index contributed by atoms with van der Waals surface area (Å²) in [5.74, 6) is 1.70. The lowest BCUT2D eigenvalue weighted by molar-refractivity contribution is -0.120. The zero-order chi connectivity index (χ0) is 21.3. The van der Waals surface area contributed by atoms with Crippen molar-refractivity contribution in [2.45, 2.75) is 19.8 Å². The van der Waals surface area contributed by atoms with Crippen LogP contribution in [0.15, 0.2) is 48.5 Å². The van der Waals surface area contributed by atoms with Gasteiger partial charge in [0, 0.05) is 48.8 Å². The Labute approximate surface area is 181 Å². The Morgan fingerprint density at radius 3 is 2.43 bits per heavy atom. The quantitative estimate of drug-likeness (QED) is 0.715. The summed E-state index contributed by atoms with van der Waals surface area (Å²) in [4.78, 5) is 38.7. The Bertz CT molecular complexity index is 896. The van der Waals surface area contributed by atoms with Crippen LogP contribution in [-0.2, 0) is 16.0 Å². The van der Waals surface area contributed by atoms with Gasteiger partial charge in [-0.15, -0.1) is 0 Å². The standard InChI is InChI=1S/C23H27N3O3S/c1-17-15-19(23(29)26-11-13-30-14-12-26)7-8-20(17)25-21(27)9-10-24-22(28)16-18-5-3-2-4-6-18/h2-8,15H,9-14,16H2,1H3,(H,24,28)(H,25,27). The van der Waals surface area contributed by atoms with Crippen molar-refractivity contribution in [1.82, 2.24) is 10.2 Å². The molecule has 7 heteroatoms. The van der Waals surface area contributed by atoms with Crippen LogP contribution in [0.2, 0.25) is 0 Å². The SMILES string of the molecule is Cc1cc(C(=O)N2CCSCC2)ccc1NC(=O)CCNC(=O)Cc1ccccc1. The van der Waals surface area contributed by atoms with E-state index in [1.807, 2.05) is 60.0 Å². The number of anilines is 1. The van der Waals surface area contributed by atoms with E-state index >= 15 is 0 Å². The van der Waals surface area contributed by atoms with Gasteiger partial charge in [0.2, 0.25) is 11.8 Å². The largest absolute Gasteiger partial charge is 0.355 e. The molecule has 0 unspecified atom stereocenters. The molecule has 0 spiro atoms. The van der Waals surface area contributed by atoms with Crippen molar-refractivity contribution >= 4 is 35.2 Å². The van der Waals surface area contributed by atoms with Crippen LogP contribution in [0, 0.1) is 6.92 Å². The summed E-state index contributed by atoms with van der Waals surface area (Å²) >= 11 is 1.86. The maximum atomic E-state index is 12.6. The van der Waals surface area contributed by atoms with E-state index in [2.05, 4.69) is 10.6 Å². The number of thioether (sulfide) groups is 1. The van der Waals surface area contributed by atoms with Crippen molar-refractivity contribution in [2.75, 3.05) is 36.5 Å². The van der Waals surface area contributed by atoms with E-state index in [9.17, 15) is 14.4 Å². The van der Waals surface area contributed by atoms with Gasteiger partial charge in [-0.05, 0) is 36.2 Å². The molecule has 0 aliphatic carbocycles. The average molecular weight is 426 g/mol. The van der Waals surface area contributed by atoms with Gasteiger partial charge in [0.15, 0.2) is 0 Å². The van der Waals surface area contributed by atoms with Crippen molar-refractivity contribution in [3.8, 4) is 0 Å². The minimum atomic E-state index is -0.176. The van der Waals surface area contributed by atoms with Crippen molar-refractivity contribution in [2.24, 2.45) is 0 Å². The summed E-state index contributed by atoms with van der Waals surface area (Å²) in [6, 6.07) is 14.8. The summed E-state index contributed by atoms with van der Waals surface area (Å²) in [6.07, 6.45) is 0.485. The van der Waals surface area contributed by atoms with Gasteiger partial charge in [-0.2, -0.15) is 11.8 Å². The third kappa shape index (κ3) is 6.35. The molecule has 1 heterocycles. The minimum Gasteiger partial charge on any atom is -0.355 e. The van der Waals surface area contributed by atoms with Crippen molar-refractivity contribution in [3.63, 3.8) is 0 Å². The fourth-order valence-corrected chi connectivity index (χ4v) is 4.16. The molecule has 0 atom stereocenters. The number of aryl methyl sites for hydroxylation is 1. The van der Waals surface area contributed by atoms with Gasteiger partial charge in [-0.1, -0.05) is 30.3 Å². The lowest BCUT2D eigenvalue weighted by Gasteiger charge is -2.26. The molecule has 0 bridgehead atoms. The molecular formula is C23H27N3O3S. The molecule has 3 amide bonds. The molecule has 1 aliphatic rings. The molecule has 3 rings (SSSR count). The first-order valence-electron chi connectivity index (χ1n) is 10.1. The number of carbonyl (C=O) groups is 3. The first-order chi connectivity index (χ1) is 14.5. The number of nitrogens with one attached hydrogen (secondary N) is 2. The normalized spacial score (nSPS) is 13.6. The van der Waals surface area contributed by atoms with Crippen LogP contribution in [0.5, 0.6) is 0 Å². The first-order valence-corrected chi connectivity index (χ1v) is 11.3. The maximum Gasteiger partial charge on any atom is 0.253 e. The highest BCUT2D eigenvalue weighted by Gasteiger charge is 2.19. The maximum absolute atomic E-state index is 12.6. The smallest absolute Gasteiger partial charge is 0.253 e. The molecule has 2 N–H and O–H groups in total. The number of rotatable bonds is 7. The second-order valence-corrected chi connectivity index (χ2v) is 8.47. The van der Waals surface area contributed by atoms with Gasteiger partial charge in [0.05, 0.1) is 6.42 Å². The van der Waals surface area contributed by atoms with E-state index in [4.69, 9.17) is 0 Å². The lowest BCUT2D eigenvalue weighted by atomic mass is 10.1. The van der Waals surface area contributed by atoms with Gasteiger partial charge < -0.3 is 15.5 Å². The summed E-state index contributed by atoms with van der Waals surface area (Å²) < 4.78 is 0. The molecule has 0 radical (unpaired) electrons. The highest BCUT2D eigenvalue weighted by Crippen LogP contribution is 2.19. The van der Waals surface area contributed by atoms with E-state index in [-0.39, 0.29) is 30.7 Å². The summed E-state index contributed by atoms with van der Waals surface area (Å²) in [5.41, 5.74) is 3.11. The zero-order valence-corrected chi connectivity index (χ0v) is 18.0. The van der Waals surface area contributed by atoms with Crippen LogP contribution in [0.3, 0.4) is 0 Å². The Balaban J connectivity index is 1.45. The van der Waals surface area contributed by atoms with Gasteiger partial charge in [-0.25, -0.2) is 0 Å². The van der Waals surface area contributed by atoms with Crippen LogP contribution < -0.4 is 10.6 Å². The van der Waals surface area contributed by atoms with Gasteiger partial charge in [0.25, 0.3) is 5.91 Å². The van der Waals surface area contributed by atoms with E-state index in [0.29, 0.717) is 17.7 Å². The Morgan fingerprint density at radius 1 is 1.00 bits per heavy atom. The predicted molar refractivity (Wildman–Crippen MR) is 121 cm³/mol. The van der Waals surface area contributed by atoms with E-state index in [1.165, 1.54) is 0 Å². The number of hydrogen-bond donors (Lipinski definition) is 2. The number of benzene rings is 2.